The number of nitrogens with zero attached hydrogens (tertiary/aromatic N) is 3. The molecule has 96 valence electrons. The fourth-order valence-corrected chi connectivity index (χ4v) is 2.02. The SMILES string of the molecule is Cc1noc(C)c1CNc1ccc2nccnc2c1. The molecule has 2 heterocycles. The second-order valence-corrected chi connectivity index (χ2v) is 4.42. The van der Waals surface area contributed by atoms with Gasteiger partial charge in [0.2, 0.25) is 0 Å². The number of benzene rings is 1. The van der Waals surface area contributed by atoms with Gasteiger partial charge in [-0.15, -0.1) is 0 Å². The van der Waals surface area contributed by atoms with Crippen molar-refractivity contribution < 1.29 is 4.52 Å². The summed E-state index contributed by atoms with van der Waals surface area (Å²) in [4.78, 5) is 8.53. The molecular formula is C14H14N4O. The van der Waals surface area contributed by atoms with Crippen molar-refractivity contribution in [2.75, 3.05) is 5.32 Å². The molecule has 0 radical (unpaired) electrons. The number of aryl methyl sites for hydroxylation is 2. The Kier molecular flexibility index (Phi) is 2.87. The quantitative estimate of drug-likeness (QED) is 0.778. The standard InChI is InChI=1S/C14H14N4O/c1-9-12(10(2)19-18-9)8-17-11-3-4-13-14(7-11)16-6-5-15-13/h3-7,17H,8H2,1-2H3. The predicted molar refractivity (Wildman–Crippen MR) is 72.8 cm³/mol. The third-order valence-electron chi connectivity index (χ3n) is 3.12. The lowest BCUT2D eigenvalue weighted by Crippen LogP contribution is -2.01. The Morgan fingerprint density at radius 3 is 2.63 bits per heavy atom. The molecule has 3 aromatic rings. The molecule has 5 nitrogen and oxygen atoms in total. The Bertz CT molecular complexity index is 701. The molecule has 0 aliphatic carbocycles. The van der Waals surface area contributed by atoms with E-state index in [2.05, 4.69) is 20.4 Å². The molecule has 0 amide bonds. The zero-order valence-corrected chi connectivity index (χ0v) is 10.8. The first-order chi connectivity index (χ1) is 9.24. The number of fused-ring (bicyclic) bond motifs is 1. The van der Waals surface area contributed by atoms with Crippen molar-refractivity contribution in [2.24, 2.45) is 0 Å². The van der Waals surface area contributed by atoms with Crippen molar-refractivity contribution in [1.29, 1.82) is 0 Å². The van der Waals surface area contributed by atoms with Gasteiger partial charge in [0, 0.05) is 30.2 Å². The molecule has 1 aromatic carbocycles. The largest absolute Gasteiger partial charge is 0.381 e. The molecule has 0 spiro atoms. The van der Waals surface area contributed by atoms with E-state index in [0.29, 0.717) is 6.54 Å². The van der Waals surface area contributed by atoms with E-state index in [1.165, 1.54) is 0 Å². The minimum Gasteiger partial charge on any atom is -0.381 e. The fourth-order valence-electron chi connectivity index (χ4n) is 2.02. The van der Waals surface area contributed by atoms with Crippen LogP contribution in [-0.2, 0) is 6.54 Å². The Morgan fingerprint density at radius 2 is 1.89 bits per heavy atom. The van der Waals surface area contributed by atoms with Crippen LogP contribution in [0.25, 0.3) is 11.0 Å². The second-order valence-electron chi connectivity index (χ2n) is 4.42. The summed E-state index contributed by atoms with van der Waals surface area (Å²) in [5.41, 5.74) is 4.80. The maximum Gasteiger partial charge on any atom is 0.138 e. The van der Waals surface area contributed by atoms with Crippen molar-refractivity contribution in [2.45, 2.75) is 20.4 Å². The summed E-state index contributed by atoms with van der Waals surface area (Å²) < 4.78 is 5.14. The van der Waals surface area contributed by atoms with Crippen LogP contribution in [0.4, 0.5) is 5.69 Å². The van der Waals surface area contributed by atoms with Gasteiger partial charge in [0.1, 0.15) is 5.76 Å². The fraction of sp³-hybridized carbons (Fsp3) is 0.214. The van der Waals surface area contributed by atoms with Crippen LogP contribution in [0, 0.1) is 13.8 Å². The molecule has 0 aliphatic rings. The van der Waals surface area contributed by atoms with E-state index in [0.717, 1.165) is 33.7 Å². The van der Waals surface area contributed by atoms with Crippen molar-refractivity contribution in [3.05, 3.63) is 47.6 Å². The van der Waals surface area contributed by atoms with Gasteiger partial charge in [-0.3, -0.25) is 9.97 Å². The lowest BCUT2D eigenvalue weighted by Gasteiger charge is -2.06. The number of anilines is 1. The van der Waals surface area contributed by atoms with Gasteiger partial charge in [-0.2, -0.15) is 0 Å². The van der Waals surface area contributed by atoms with E-state index >= 15 is 0 Å². The average molecular weight is 254 g/mol. The number of aromatic nitrogens is 3. The highest BCUT2D eigenvalue weighted by atomic mass is 16.5. The highest BCUT2D eigenvalue weighted by molar-refractivity contribution is 5.78. The third kappa shape index (κ3) is 2.27. The lowest BCUT2D eigenvalue weighted by atomic mass is 10.2. The summed E-state index contributed by atoms with van der Waals surface area (Å²) >= 11 is 0. The number of hydrogen-bond acceptors (Lipinski definition) is 5. The number of hydrogen-bond donors (Lipinski definition) is 1. The first-order valence-corrected chi connectivity index (χ1v) is 6.10. The van der Waals surface area contributed by atoms with E-state index in [4.69, 9.17) is 4.52 Å². The summed E-state index contributed by atoms with van der Waals surface area (Å²) in [5.74, 6) is 0.852. The van der Waals surface area contributed by atoms with Crippen molar-refractivity contribution in [3.63, 3.8) is 0 Å². The van der Waals surface area contributed by atoms with E-state index < -0.39 is 0 Å². The van der Waals surface area contributed by atoms with Gasteiger partial charge in [-0.25, -0.2) is 0 Å². The van der Waals surface area contributed by atoms with Crippen LogP contribution in [0.5, 0.6) is 0 Å². The maximum atomic E-state index is 5.14. The Hall–Kier alpha value is -2.43. The molecule has 0 atom stereocenters. The molecule has 1 N–H and O–H groups in total. The van der Waals surface area contributed by atoms with Crippen molar-refractivity contribution in [1.82, 2.24) is 15.1 Å². The molecule has 0 bridgehead atoms. The van der Waals surface area contributed by atoms with E-state index in [9.17, 15) is 0 Å². The highest BCUT2D eigenvalue weighted by Crippen LogP contribution is 2.18. The average Bonchev–Trinajstić information content (AvgIpc) is 2.76. The van der Waals surface area contributed by atoms with Gasteiger partial charge in [0.15, 0.2) is 0 Å². The van der Waals surface area contributed by atoms with Gasteiger partial charge in [-0.1, -0.05) is 5.16 Å². The third-order valence-corrected chi connectivity index (χ3v) is 3.12. The zero-order valence-electron chi connectivity index (χ0n) is 10.8. The molecule has 0 unspecified atom stereocenters. The summed E-state index contributed by atoms with van der Waals surface area (Å²) in [5, 5.41) is 7.29. The molecular weight excluding hydrogens is 240 g/mol. The van der Waals surface area contributed by atoms with Crippen LogP contribution in [0.2, 0.25) is 0 Å². The molecule has 19 heavy (non-hydrogen) atoms. The first-order valence-electron chi connectivity index (χ1n) is 6.10. The normalized spacial score (nSPS) is 10.8. The summed E-state index contributed by atoms with van der Waals surface area (Å²) in [6.45, 7) is 4.55. The zero-order chi connectivity index (χ0) is 13.2. The monoisotopic (exact) mass is 254 g/mol. The van der Waals surface area contributed by atoms with Gasteiger partial charge in [-0.05, 0) is 32.0 Å². The van der Waals surface area contributed by atoms with Gasteiger partial charge in [0.05, 0.1) is 16.7 Å². The van der Waals surface area contributed by atoms with Crippen LogP contribution in [0.15, 0.2) is 35.1 Å². The summed E-state index contributed by atoms with van der Waals surface area (Å²) in [6, 6.07) is 5.94. The Morgan fingerprint density at radius 1 is 1.11 bits per heavy atom. The Balaban J connectivity index is 1.82. The lowest BCUT2D eigenvalue weighted by molar-refractivity contribution is 0.392. The first kappa shape index (κ1) is 11.6. The van der Waals surface area contributed by atoms with Crippen LogP contribution >= 0.6 is 0 Å². The van der Waals surface area contributed by atoms with Crippen LogP contribution in [0.3, 0.4) is 0 Å². The van der Waals surface area contributed by atoms with Gasteiger partial charge in [0.25, 0.3) is 0 Å². The minimum absolute atomic E-state index is 0.687. The molecule has 0 fully saturated rings. The molecule has 5 heteroatoms. The van der Waals surface area contributed by atoms with E-state index in [1.807, 2.05) is 32.0 Å². The second kappa shape index (κ2) is 4.68. The highest BCUT2D eigenvalue weighted by Gasteiger charge is 2.08. The summed E-state index contributed by atoms with van der Waals surface area (Å²) in [6.07, 6.45) is 3.39. The number of rotatable bonds is 3. The van der Waals surface area contributed by atoms with E-state index in [1.54, 1.807) is 12.4 Å². The topological polar surface area (TPSA) is 63.8 Å². The molecule has 0 saturated carbocycles. The summed E-state index contributed by atoms with van der Waals surface area (Å²) in [7, 11) is 0. The smallest absolute Gasteiger partial charge is 0.138 e. The number of nitrogens with one attached hydrogen (secondary N) is 1. The van der Waals surface area contributed by atoms with Crippen molar-refractivity contribution >= 4 is 16.7 Å². The van der Waals surface area contributed by atoms with Crippen LogP contribution in [0.1, 0.15) is 17.0 Å². The predicted octanol–water partition coefficient (Wildman–Crippen LogP) is 2.85. The minimum atomic E-state index is 0.687. The van der Waals surface area contributed by atoms with E-state index in [-0.39, 0.29) is 0 Å². The van der Waals surface area contributed by atoms with Gasteiger partial charge >= 0.3 is 0 Å². The maximum absolute atomic E-state index is 5.14. The Labute approximate surface area is 110 Å². The molecule has 0 aliphatic heterocycles. The molecule has 3 rings (SSSR count). The van der Waals surface area contributed by atoms with Gasteiger partial charge < -0.3 is 9.84 Å². The van der Waals surface area contributed by atoms with Crippen LogP contribution < -0.4 is 5.32 Å². The molecule has 2 aromatic heterocycles. The van der Waals surface area contributed by atoms with Crippen molar-refractivity contribution in [3.8, 4) is 0 Å². The molecule has 0 saturated heterocycles. The van der Waals surface area contributed by atoms with Crippen LogP contribution in [-0.4, -0.2) is 15.1 Å².